The van der Waals surface area contributed by atoms with Crippen LogP contribution in [0.3, 0.4) is 0 Å². The first kappa shape index (κ1) is 24.0. The van der Waals surface area contributed by atoms with Gasteiger partial charge in [-0.1, -0.05) is 37.6 Å². The van der Waals surface area contributed by atoms with Gasteiger partial charge in [0.15, 0.2) is 0 Å². The molecule has 2 aliphatic rings. The van der Waals surface area contributed by atoms with Crippen LogP contribution in [0.4, 0.5) is 4.79 Å². The lowest BCUT2D eigenvalue weighted by Crippen LogP contribution is -2.56. The molecule has 3 heterocycles. The monoisotopic (exact) mass is 489 g/mol. The number of piperidine rings is 1. The number of carbonyl (C=O) groups is 2. The average Bonchev–Trinajstić information content (AvgIpc) is 3.37. The second-order valence-electron chi connectivity index (χ2n) is 9.62. The number of nitrogens with zero attached hydrogens (tertiary/aromatic N) is 2. The molecule has 4 rings (SSSR count). The van der Waals surface area contributed by atoms with E-state index in [1.54, 1.807) is 23.5 Å². The van der Waals surface area contributed by atoms with E-state index in [2.05, 4.69) is 24.1 Å². The number of nitrogens with one attached hydrogen (secondary N) is 1. The highest BCUT2D eigenvalue weighted by atomic mass is 35.5. The summed E-state index contributed by atoms with van der Waals surface area (Å²) in [6, 6.07) is 9.10. The predicted octanol–water partition coefficient (Wildman–Crippen LogP) is 4.90. The van der Waals surface area contributed by atoms with E-state index in [-0.39, 0.29) is 23.6 Å². The summed E-state index contributed by atoms with van der Waals surface area (Å²) in [4.78, 5) is 31.5. The van der Waals surface area contributed by atoms with Gasteiger partial charge in [-0.25, -0.2) is 4.79 Å². The molecule has 2 saturated heterocycles. The Labute approximate surface area is 204 Å². The highest BCUT2D eigenvalue weighted by molar-refractivity contribution is 7.09. The van der Waals surface area contributed by atoms with Crippen molar-refractivity contribution in [3.63, 3.8) is 0 Å². The molecule has 0 radical (unpaired) electrons. The average molecular weight is 490 g/mol. The number of hydrogen-bond donors (Lipinski definition) is 2. The number of phenolic OH excluding ortho intramolecular Hbond substituents is 1. The molecule has 0 bridgehead atoms. The SMILES string of the molecule is CC(C)CC1(C2CCN(Cc3ccc(O)c(Cl)c3)CC2)NC(=O)N(CCc2cccs2)C1=O. The Bertz CT molecular complexity index is 989. The van der Waals surface area contributed by atoms with Crippen LogP contribution in [0.15, 0.2) is 35.7 Å². The number of rotatable bonds is 8. The van der Waals surface area contributed by atoms with Gasteiger partial charge in [-0.15, -0.1) is 11.3 Å². The fourth-order valence-electron chi connectivity index (χ4n) is 5.24. The van der Waals surface area contributed by atoms with Gasteiger partial charge in [-0.05, 0) is 79.8 Å². The Morgan fingerprint density at radius 1 is 1.24 bits per heavy atom. The van der Waals surface area contributed by atoms with Gasteiger partial charge >= 0.3 is 6.03 Å². The van der Waals surface area contributed by atoms with Crippen molar-refractivity contribution in [1.29, 1.82) is 0 Å². The second-order valence-corrected chi connectivity index (χ2v) is 11.1. The minimum absolute atomic E-state index is 0.0541. The van der Waals surface area contributed by atoms with Gasteiger partial charge in [0.05, 0.1) is 5.02 Å². The Morgan fingerprint density at radius 3 is 2.64 bits per heavy atom. The van der Waals surface area contributed by atoms with Crippen LogP contribution < -0.4 is 5.32 Å². The van der Waals surface area contributed by atoms with Gasteiger partial charge in [-0.2, -0.15) is 0 Å². The number of thiophene rings is 1. The molecule has 1 unspecified atom stereocenters. The van der Waals surface area contributed by atoms with Crippen molar-refractivity contribution in [3.05, 3.63) is 51.2 Å². The molecule has 1 atom stereocenters. The lowest BCUT2D eigenvalue weighted by molar-refractivity contribution is -0.134. The standard InChI is InChI=1S/C25H32ClN3O3S/c1-17(2)15-25(23(31)29(24(32)27-25)12-9-20-4-3-13-33-20)19-7-10-28(11-8-19)16-18-5-6-22(30)21(26)14-18/h3-6,13-14,17,19,30H,7-12,15-16H2,1-2H3,(H,27,32). The molecular weight excluding hydrogens is 458 g/mol. The maximum Gasteiger partial charge on any atom is 0.325 e. The van der Waals surface area contributed by atoms with E-state index < -0.39 is 5.54 Å². The van der Waals surface area contributed by atoms with Gasteiger partial charge in [-0.3, -0.25) is 14.6 Å². The number of halogens is 1. The molecule has 0 spiro atoms. The molecule has 0 aliphatic carbocycles. The van der Waals surface area contributed by atoms with E-state index in [1.807, 2.05) is 23.6 Å². The van der Waals surface area contributed by atoms with Crippen LogP contribution >= 0.6 is 22.9 Å². The lowest BCUT2D eigenvalue weighted by Gasteiger charge is -2.41. The third kappa shape index (κ3) is 5.20. The third-order valence-corrected chi connectivity index (χ3v) is 8.04. The van der Waals surface area contributed by atoms with Gasteiger partial charge in [0, 0.05) is 18.0 Å². The number of hydrogen-bond acceptors (Lipinski definition) is 5. The molecule has 2 aromatic rings. The smallest absolute Gasteiger partial charge is 0.325 e. The van der Waals surface area contributed by atoms with E-state index in [0.29, 0.717) is 30.3 Å². The summed E-state index contributed by atoms with van der Waals surface area (Å²) in [7, 11) is 0. The number of carbonyl (C=O) groups excluding carboxylic acids is 2. The summed E-state index contributed by atoms with van der Waals surface area (Å²) in [6.07, 6.45) is 3.06. The zero-order valence-corrected chi connectivity index (χ0v) is 20.8. The minimum atomic E-state index is -0.811. The van der Waals surface area contributed by atoms with Crippen molar-refractivity contribution in [2.24, 2.45) is 11.8 Å². The molecule has 1 aromatic carbocycles. The molecule has 3 amide bonds. The predicted molar refractivity (Wildman–Crippen MR) is 132 cm³/mol. The molecule has 8 heteroatoms. The summed E-state index contributed by atoms with van der Waals surface area (Å²) in [5.74, 6) is 0.446. The largest absolute Gasteiger partial charge is 0.506 e. The van der Waals surface area contributed by atoms with Crippen molar-refractivity contribution in [3.8, 4) is 5.75 Å². The van der Waals surface area contributed by atoms with E-state index >= 15 is 0 Å². The normalized spacial score (nSPS) is 22.4. The molecule has 1 aromatic heterocycles. The zero-order chi connectivity index (χ0) is 23.6. The third-order valence-electron chi connectivity index (χ3n) is 6.80. The van der Waals surface area contributed by atoms with Gasteiger partial charge in [0.1, 0.15) is 11.3 Å². The number of urea groups is 1. The summed E-state index contributed by atoms with van der Waals surface area (Å²) in [5.41, 5.74) is 0.243. The van der Waals surface area contributed by atoms with Crippen molar-refractivity contribution in [1.82, 2.24) is 15.1 Å². The highest BCUT2D eigenvalue weighted by Crippen LogP contribution is 2.38. The molecule has 178 valence electrons. The zero-order valence-electron chi connectivity index (χ0n) is 19.2. The highest BCUT2D eigenvalue weighted by Gasteiger charge is 2.55. The van der Waals surface area contributed by atoms with Crippen LogP contribution in [0.1, 0.15) is 43.6 Å². The van der Waals surface area contributed by atoms with Gasteiger partial charge < -0.3 is 10.4 Å². The van der Waals surface area contributed by atoms with Crippen molar-refractivity contribution < 1.29 is 14.7 Å². The van der Waals surface area contributed by atoms with Crippen LogP contribution in [-0.4, -0.2) is 52.0 Å². The summed E-state index contributed by atoms with van der Waals surface area (Å²) < 4.78 is 0. The maximum absolute atomic E-state index is 13.7. The van der Waals surface area contributed by atoms with Crippen LogP contribution in [0.25, 0.3) is 0 Å². The Balaban J connectivity index is 1.43. The number of amides is 3. The number of likely N-dealkylation sites (tertiary alicyclic amines) is 1. The fraction of sp³-hybridized carbons (Fsp3) is 0.520. The van der Waals surface area contributed by atoms with E-state index in [0.717, 1.165) is 38.0 Å². The van der Waals surface area contributed by atoms with E-state index in [4.69, 9.17) is 11.6 Å². The van der Waals surface area contributed by atoms with Crippen LogP contribution in [0.2, 0.25) is 5.02 Å². The quantitative estimate of drug-likeness (QED) is 0.517. The lowest BCUT2D eigenvalue weighted by atomic mass is 9.73. The molecular formula is C25H32ClN3O3S. The maximum atomic E-state index is 13.7. The Hall–Kier alpha value is -2.09. The van der Waals surface area contributed by atoms with Crippen LogP contribution in [0, 0.1) is 11.8 Å². The molecule has 2 N–H and O–H groups in total. The first-order chi connectivity index (χ1) is 15.8. The molecule has 2 aliphatic heterocycles. The van der Waals surface area contributed by atoms with E-state index in [9.17, 15) is 14.7 Å². The minimum Gasteiger partial charge on any atom is -0.506 e. The second kappa shape index (κ2) is 10.0. The first-order valence-electron chi connectivity index (χ1n) is 11.6. The molecule has 2 fully saturated rings. The Kier molecular flexibility index (Phi) is 7.31. The van der Waals surface area contributed by atoms with Crippen molar-refractivity contribution in [2.75, 3.05) is 19.6 Å². The van der Waals surface area contributed by atoms with Crippen LogP contribution in [0.5, 0.6) is 5.75 Å². The Morgan fingerprint density at radius 2 is 2.00 bits per heavy atom. The van der Waals surface area contributed by atoms with Gasteiger partial charge in [0.2, 0.25) is 0 Å². The summed E-state index contributed by atoms with van der Waals surface area (Å²) >= 11 is 7.71. The summed E-state index contributed by atoms with van der Waals surface area (Å²) in [6.45, 7) is 7.09. The van der Waals surface area contributed by atoms with Crippen LogP contribution in [-0.2, 0) is 17.8 Å². The first-order valence-corrected chi connectivity index (χ1v) is 12.9. The number of benzene rings is 1. The number of phenols is 1. The molecule has 0 saturated carbocycles. The molecule has 33 heavy (non-hydrogen) atoms. The fourth-order valence-corrected chi connectivity index (χ4v) is 6.14. The van der Waals surface area contributed by atoms with Crippen molar-refractivity contribution in [2.45, 2.75) is 51.6 Å². The summed E-state index contributed by atoms with van der Waals surface area (Å²) in [5, 5.41) is 15.2. The van der Waals surface area contributed by atoms with Crippen molar-refractivity contribution >= 4 is 34.9 Å². The topological polar surface area (TPSA) is 72.9 Å². The number of aromatic hydroxyl groups is 1. The molecule has 6 nitrogen and oxygen atoms in total. The number of imide groups is 1. The van der Waals surface area contributed by atoms with Gasteiger partial charge in [0.25, 0.3) is 5.91 Å². The van der Waals surface area contributed by atoms with E-state index in [1.165, 1.54) is 9.78 Å².